The summed E-state index contributed by atoms with van der Waals surface area (Å²) in [7, 11) is 3.19. The molecule has 4 N–H and O–H groups in total. The zero-order valence-corrected chi connectivity index (χ0v) is 19.3. The van der Waals surface area contributed by atoms with Crippen molar-refractivity contribution in [2.24, 2.45) is 5.73 Å². The maximum absolute atomic E-state index is 12.9. The van der Waals surface area contributed by atoms with E-state index < -0.39 is 6.04 Å². The zero-order chi connectivity index (χ0) is 24.2. The lowest BCUT2D eigenvalue weighted by atomic mass is 10.0. The fourth-order valence-electron chi connectivity index (χ4n) is 3.78. The van der Waals surface area contributed by atoms with Crippen LogP contribution in [0.25, 0.3) is 11.4 Å². The molecule has 0 spiro atoms. The van der Waals surface area contributed by atoms with Gasteiger partial charge >= 0.3 is 5.69 Å². The number of benzene rings is 3. The van der Waals surface area contributed by atoms with Crippen molar-refractivity contribution in [3.05, 3.63) is 106 Å². The van der Waals surface area contributed by atoms with Gasteiger partial charge in [-0.05, 0) is 60.0 Å². The molecule has 4 rings (SSSR count). The van der Waals surface area contributed by atoms with Crippen molar-refractivity contribution in [1.82, 2.24) is 14.8 Å². The Balaban J connectivity index is 1.79. The molecule has 0 aliphatic rings. The topological polar surface area (TPSA) is 107 Å². The number of nitrogens with zero attached hydrogens (tertiary/aromatic N) is 2. The molecule has 0 aliphatic carbocycles. The van der Waals surface area contributed by atoms with Crippen molar-refractivity contribution < 1.29 is 9.47 Å². The van der Waals surface area contributed by atoms with Gasteiger partial charge in [0.15, 0.2) is 5.82 Å². The first-order chi connectivity index (χ1) is 16.4. The molecule has 0 radical (unpaired) electrons. The number of para-hydroxylation sites is 2. The van der Waals surface area contributed by atoms with Crippen molar-refractivity contribution in [3.8, 4) is 17.2 Å². The average molecular weight is 458 g/mol. The van der Waals surface area contributed by atoms with Crippen LogP contribution in [0, 0.1) is 6.92 Å². The van der Waals surface area contributed by atoms with Crippen LogP contribution in [-0.2, 0) is 0 Å². The van der Waals surface area contributed by atoms with Gasteiger partial charge in [-0.15, -0.1) is 5.10 Å². The maximum Gasteiger partial charge on any atom is 0.348 e. The molecule has 1 aromatic heterocycles. The van der Waals surface area contributed by atoms with E-state index in [1.165, 1.54) is 4.68 Å². The van der Waals surface area contributed by atoms with Crippen molar-refractivity contribution >= 4 is 11.4 Å². The molecule has 0 fully saturated rings. The zero-order valence-electron chi connectivity index (χ0n) is 19.3. The van der Waals surface area contributed by atoms with E-state index in [1.54, 1.807) is 26.4 Å². The van der Waals surface area contributed by atoms with Crippen molar-refractivity contribution in [2.45, 2.75) is 13.0 Å². The van der Waals surface area contributed by atoms with E-state index in [9.17, 15) is 4.79 Å². The number of rotatable bonds is 8. The quantitative estimate of drug-likeness (QED) is 0.369. The molecule has 8 nitrogen and oxygen atoms in total. The summed E-state index contributed by atoms with van der Waals surface area (Å²) >= 11 is 0. The molecule has 0 saturated carbocycles. The van der Waals surface area contributed by atoms with Crippen LogP contribution in [0.4, 0.5) is 5.69 Å². The van der Waals surface area contributed by atoms with E-state index in [2.05, 4.69) is 22.0 Å². The van der Waals surface area contributed by atoms with Gasteiger partial charge in [0, 0.05) is 11.4 Å². The second-order valence-electron chi connectivity index (χ2n) is 7.81. The largest absolute Gasteiger partial charge is 0.496 e. The molecular formula is C26H27N5O3. The molecule has 0 saturated heterocycles. The number of anilines is 1. The Kier molecular flexibility index (Phi) is 6.40. The lowest BCUT2D eigenvalue weighted by Gasteiger charge is -2.19. The summed E-state index contributed by atoms with van der Waals surface area (Å²) in [6.07, 6.45) is 0. The van der Waals surface area contributed by atoms with E-state index in [4.69, 9.17) is 15.2 Å². The third-order valence-electron chi connectivity index (χ3n) is 5.54. The SMILES string of the molecule is C=C(N)c1ccc(NC(c2ccc(OC)c(C)c2)c2nn(-c3ccccc3OC)c(=O)[nH]2)cc1. The third kappa shape index (κ3) is 4.52. The van der Waals surface area contributed by atoms with Crippen LogP contribution >= 0.6 is 0 Å². The average Bonchev–Trinajstić information content (AvgIpc) is 3.23. The number of H-pyrrole nitrogens is 1. The number of methoxy groups -OCH3 is 2. The summed E-state index contributed by atoms with van der Waals surface area (Å²) in [6.45, 7) is 5.74. The molecule has 0 aliphatic heterocycles. The third-order valence-corrected chi connectivity index (χ3v) is 5.54. The first-order valence-electron chi connectivity index (χ1n) is 10.7. The molecule has 174 valence electrons. The summed E-state index contributed by atoms with van der Waals surface area (Å²) in [6, 6.07) is 20.2. The van der Waals surface area contributed by atoms with E-state index >= 15 is 0 Å². The van der Waals surface area contributed by atoms with Crippen LogP contribution in [0.15, 0.2) is 78.1 Å². The molecule has 1 unspecified atom stereocenters. The summed E-state index contributed by atoms with van der Waals surface area (Å²) < 4.78 is 12.1. The van der Waals surface area contributed by atoms with E-state index in [0.717, 1.165) is 28.1 Å². The van der Waals surface area contributed by atoms with Crippen LogP contribution < -0.4 is 26.2 Å². The fraction of sp³-hybridized carbons (Fsp3) is 0.154. The van der Waals surface area contributed by atoms with Crippen LogP contribution in [0.2, 0.25) is 0 Å². The minimum absolute atomic E-state index is 0.369. The standard InChI is InChI=1S/C26H27N5O3/c1-16-15-19(11-14-22(16)33-3)24(28-20-12-9-18(10-13-20)17(2)27)25-29-26(32)31(30-25)21-7-5-6-8-23(21)34-4/h5-15,24,28H,2,27H2,1,3-4H3,(H,29,30,32). The molecule has 1 atom stereocenters. The highest BCUT2D eigenvalue weighted by atomic mass is 16.5. The highest BCUT2D eigenvalue weighted by Gasteiger charge is 2.22. The van der Waals surface area contributed by atoms with Gasteiger partial charge in [-0.2, -0.15) is 4.68 Å². The molecule has 1 heterocycles. The number of ether oxygens (including phenoxy) is 2. The number of aryl methyl sites for hydroxylation is 1. The highest BCUT2D eigenvalue weighted by Crippen LogP contribution is 2.29. The predicted molar refractivity (Wildman–Crippen MR) is 134 cm³/mol. The summed E-state index contributed by atoms with van der Waals surface area (Å²) in [5.74, 6) is 1.78. The first-order valence-corrected chi connectivity index (χ1v) is 10.7. The van der Waals surface area contributed by atoms with E-state index in [1.807, 2.05) is 61.5 Å². The Hall–Kier alpha value is -4.46. The lowest BCUT2D eigenvalue weighted by Crippen LogP contribution is -2.16. The van der Waals surface area contributed by atoms with Gasteiger partial charge in [-0.25, -0.2) is 4.79 Å². The Labute approximate surface area is 197 Å². The van der Waals surface area contributed by atoms with Crippen LogP contribution in [0.1, 0.15) is 28.6 Å². The molecular weight excluding hydrogens is 430 g/mol. The Morgan fingerprint density at radius 2 is 1.76 bits per heavy atom. The molecule has 8 heteroatoms. The minimum Gasteiger partial charge on any atom is -0.496 e. The smallest absolute Gasteiger partial charge is 0.348 e. The fourth-order valence-corrected chi connectivity index (χ4v) is 3.78. The van der Waals surface area contributed by atoms with Crippen LogP contribution in [-0.4, -0.2) is 29.0 Å². The summed E-state index contributed by atoms with van der Waals surface area (Å²) in [5.41, 5.74) is 10.0. The van der Waals surface area contributed by atoms with Crippen molar-refractivity contribution in [3.63, 3.8) is 0 Å². The van der Waals surface area contributed by atoms with Gasteiger partial charge in [0.05, 0.1) is 14.2 Å². The Morgan fingerprint density at radius 1 is 1.06 bits per heavy atom. The van der Waals surface area contributed by atoms with Gasteiger partial charge in [-0.1, -0.05) is 36.9 Å². The molecule has 0 amide bonds. The molecule has 0 bridgehead atoms. The summed E-state index contributed by atoms with van der Waals surface area (Å²) in [4.78, 5) is 15.8. The van der Waals surface area contributed by atoms with E-state index in [0.29, 0.717) is 23.0 Å². The van der Waals surface area contributed by atoms with E-state index in [-0.39, 0.29) is 5.69 Å². The monoisotopic (exact) mass is 457 g/mol. The Bertz CT molecular complexity index is 1370. The molecule has 4 aromatic rings. The Morgan fingerprint density at radius 3 is 2.41 bits per heavy atom. The number of aromatic nitrogens is 3. The van der Waals surface area contributed by atoms with Crippen molar-refractivity contribution in [1.29, 1.82) is 0 Å². The first kappa shape index (κ1) is 22.7. The highest BCUT2D eigenvalue weighted by molar-refractivity contribution is 5.63. The van der Waals surface area contributed by atoms with Gasteiger partial charge < -0.3 is 20.5 Å². The number of hydrogen-bond donors (Lipinski definition) is 3. The second-order valence-corrected chi connectivity index (χ2v) is 7.81. The van der Waals surface area contributed by atoms with Gasteiger partial charge in [0.25, 0.3) is 0 Å². The van der Waals surface area contributed by atoms with Crippen LogP contribution in [0.3, 0.4) is 0 Å². The number of nitrogens with one attached hydrogen (secondary N) is 2. The van der Waals surface area contributed by atoms with Gasteiger partial charge in [0.1, 0.15) is 23.2 Å². The van der Waals surface area contributed by atoms with Crippen molar-refractivity contribution in [2.75, 3.05) is 19.5 Å². The molecule has 3 aromatic carbocycles. The van der Waals surface area contributed by atoms with Crippen LogP contribution in [0.5, 0.6) is 11.5 Å². The second kappa shape index (κ2) is 9.58. The summed E-state index contributed by atoms with van der Waals surface area (Å²) in [5, 5.41) is 8.09. The number of aromatic amines is 1. The maximum atomic E-state index is 12.9. The number of nitrogens with two attached hydrogens (primary N) is 1. The normalized spacial score (nSPS) is 11.6. The molecule has 34 heavy (non-hydrogen) atoms. The number of hydrogen-bond acceptors (Lipinski definition) is 6. The lowest BCUT2D eigenvalue weighted by molar-refractivity contribution is 0.411. The minimum atomic E-state index is -0.444. The van der Waals surface area contributed by atoms with Gasteiger partial charge in [0.2, 0.25) is 0 Å². The van der Waals surface area contributed by atoms with Gasteiger partial charge in [-0.3, -0.25) is 4.98 Å². The predicted octanol–water partition coefficient (Wildman–Crippen LogP) is 4.02.